The van der Waals surface area contributed by atoms with E-state index in [9.17, 15) is 0 Å². The highest BCUT2D eigenvalue weighted by atomic mass is 15.2. The molecule has 4 unspecified atom stereocenters. The Balaban J connectivity index is 0.000000420. The lowest BCUT2D eigenvalue weighted by molar-refractivity contribution is -0.0359. The number of hydrogen-bond acceptors (Lipinski definition) is 3. The van der Waals surface area contributed by atoms with Gasteiger partial charge in [0, 0.05) is 31.7 Å². The summed E-state index contributed by atoms with van der Waals surface area (Å²) in [5, 5.41) is 0. The summed E-state index contributed by atoms with van der Waals surface area (Å²) in [4.78, 5) is 7.49. The van der Waals surface area contributed by atoms with E-state index < -0.39 is 0 Å². The van der Waals surface area contributed by atoms with Crippen molar-refractivity contribution in [1.82, 2.24) is 14.7 Å². The number of rotatable bonds is 0. The molecule has 0 spiro atoms. The van der Waals surface area contributed by atoms with Crippen LogP contribution in [0.25, 0.3) is 0 Å². The second-order valence-corrected chi connectivity index (χ2v) is 11.3. The Hall–Kier alpha value is -0.120. The largest absolute Gasteiger partial charge is 0.306 e. The quantitative estimate of drug-likeness (QED) is 0.362. The topological polar surface area (TPSA) is 9.72 Å². The molecule has 1 saturated carbocycles. The maximum Gasteiger partial charge on any atom is 0.0121 e. The number of nitrogens with zero attached hydrogens (tertiary/aromatic N) is 3. The van der Waals surface area contributed by atoms with Crippen molar-refractivity contribution in [2.24, 2.45) is 23.2 Å². The molecule has 200 valence electrons. The molecule has 4 bridgehead atoms. The van der Waals surface area contributed by atoms with Crippen LogP contribution in [0.15, 0.2) is 0 Å². The Bertz CT molecular complexity index is 449. The zero-order valence-corrected chi connectivity index (χ0v) is 25.2. The van der Waals surface area contributed by atoms with E-state index >= 15 is 0 Å². The van der Waals surface area contributed by atoms with E-state index in [2.05, 4.69) is 56.6 Å². The minimum atomic E-state index is 0.720. The lowest BCUT2D eigenvalue weighted by Crippen LogP contribution is -2.53. The molecular formula is C30H65N3. The third kappa shape index (κ3) is 11.0. The van der Waals surface area contributed by atoms with Gasteiger partial charge in [-0.1, -0.05) is 62.3 Å². The number of fused-ring (bicyclic) bond motifs is 4. The normalized spacial score (nSPS) is 36.9. The predicted octanol–water partition coefficient (Wildman–Crippen LogP) is 7.65. The zero-order chi connectivity index (χ0) is 25.6. The SMILES string of the molecule is CC.CC.CC.CC1CCC2CCC1N2C.CC1CCCN(C)C1.CN1CC2CC(C)(C2)C1. The van der Waals surface area contributed by atoms with Gasteiger partial charge in [-0.25, -0.2) is 0 Å². The van der Waals surface area contributed by atoms with E-state index in [0.29, 0.717) is 0 Å². The van der Waals surface area contributed by atoms with Gasteiger partial charge < -0.3 is 14.7 Å². The number of piperidine rings is 4. The summed E-state index contributed by atoms with van der Waals surface area (Å²) >= 11 is 0. The first-order valence-electron chi connectivity index (χ1n) is 14.8. The molecular weight excluding hydrogens is 402 g/mol. The van der Waals surface area contributed by atoms with Crippen LogP contribution in [0.4, 0.5) is 0 Å². The van der Waals surface area contributed by atoms with E-state index in [1.165, 1.54) is 77.5 Å². The summed E-state index contributed by atoms with van der Waals surface area (Å²) in [6.07, 6.45) is 11.7. The van der Waals surface area contributed by atoms with Gasteiger partial charge in [-0.3, -0.25) is 0 Å². The average Bonchev–Trinajstić information content (AvgIpc) is 3.03. The van der Waals surface area contributed by atoms with Crippen molar-refractivity contribution in [3.63, 3.8) is 0 Å². The van der Waals surface area contributed by atoms with Gasteiger partial charge in [0.2, 0.25) is 0 Å². The Morgan fingerprint density at radius 2 is 1.27 bits per heavy atom. The van der Waals surface area contributed by atoms with Crippen molar-refractivity contribution in [3.05, 3.63) is 0 Å². The fraction of sp³-hybridized carbons (Fsp3) is 1.00. The van der Waals surface area contributed by atoms with Gasteiger partial charge in [-0.05, 0) is 102 Å². The molecule has 0 aromatic rings. The lowest BCUT2D eigenvalue weighted by Gasteiger charge is -2.54. The van der Waals surface area contributed by atoms with E-state index in [4.69, 9.17) is 0 Å². The first kappa shape index (κ1) is 32.9. The summed E-state index contributed by atoms with van der Waals surface area (Å²) in [5.74, 6) is 2.95. The van der Waals surface area contributed by atoms with Crippen LogP contribution < -0.4 is 0 Å². The molecule has 0 N–H and O–H groups in total. The van der Waals surface area contributed by atoms with Crippen molar-refractivity contribution in [3.8, 4) is 0 Å². The number of hydrogen-bond donors (Lipinski definition) is 0. The minimum Gasteiger partial charge on any atom is -0.306 e. The summed E-state index contributed by atoms with van der Waals surface area (Å²) in [5.41, 5.74) is 0.720. The van der Waals surface area contributed by atoms with Crippen molar-refractivity contribution >= 4 is 0 Å². The van der Waals surface area contributed by atoms with Crippen molar-refractivity contribution in [2.45, 2.75) is 126 Å². The molecule has 5 heterocycles. The summed E-state index contributed by atoms with van der Waals surface area (Å²) in [7, 11) is 6.75. The molecule has 1 aliphatic carbocycles. The highest BCUT2D eigenvalue weighted by Gasteiger charge is 2.45. The molecule has 5 aliphatic heterocycles. The van der Waals surface area contributed by atoms with Crippen LogP contribution in [0.2, 0.25) is 0 Å². The monoisotopic (exact) mass is 468 g/mol. The van der Waals surface area contributed by atoms with Gasteiger partial charge in [-0.15, -0.1) is 0 Å². The Morgan fingerprint density at radius 3 is 1.67 bits per heavy atom. The van der Waals surface area contributed by atoms with Crippen LogP contribution >= 0.6 is 0 Å². The van der Waals surface area contributed by atoms with E-state index in [-0.39, 0.29) is 0 Å². The van der Waals surface area contributed by atoms with Crippen LogP contribution in [0.1, 0.15) is 114 Å². The fourth-order valence-corrected chi connectivity index (χ4v) is 6.90. The smallest absolute Gasteiger partial charge is 0.0121 e. The lowest BCUT2D eigenvalue weighted by atomic mass is 9.60. The molecule has 3 heteroatoms. The Morgan fingerprint density at radius 1 is 0.697 bits per heavy atom. The predicted molar refractivity (Wildman–Crippen MR) is 151 cm³/mol. The highest BCUT2D eigenvalue weighted by molar-refractivity contribution is 4.97. The minimum absolute atomic E-state index is 0.720. The van der Waals surface area contributed by atoms with Crippen LogP contribution in [0.3, 0.4) is 0 Å². The molecule has 0 radical (unpaired) electrons. The van der Waals surface area contributed by atoms with Crippen LogP contribution in [0.5, 0.6) is 0 Å². The van der Waals surface area contributed by atoms with Gasteiger partial charge in [0.05, 0.1) is 0 Å². The Kier molecular flexibility index (Phi) is 17.3. The van der Waals surface area contributed by atoms with E-state index in [0.717, 1.165) is 35.3 Å². The molecule has 6 fully saturated rings. The molecule has 0 aromatic carbocycles. The molecule has 0 amide bonds. The maximum absolute atomic E-state index is 2.61. The third-order valence-corrected chi connectivity index (χ3v) is 8.15. The van der Waals surface area contributed by atoms with E-state index in [1.54, 1.807) is 0 Å². The van der Waals surface area contributed by atoms with Gasteiger partial charge in [0.25, 0.3) is 0 Å². The summed E-state index contributed by atoms with van der Waals surface area (Å²) in [6.45, 7) is 24.5. The van der Waals surface area contributed by atoms with Gasteiger partial charge >= 0.3 is 0 Å². The van der Waals surface area contributed by atoms with Gasteiger partial charge in [0.15, 0.2) is 0 Å². The molecule has 33 heavy (non-hydrogen) atoms. The van der Waals surface area contributed by atoms with Crippen LogP contribution in [-0.2, 0) is 0 Å². The standard InChI is InChI=1S/C9H17N.C8H15N.C7H15N.3C2H6/c1-7-3-4-8-5-6-9(7)10(8)2;1-8-3-7(4-8)5-9(2)6-8;1-7-4-3-5-8(2)6-7;3*1-2/h7-9H,3-6H2,1-2H3;7H,3-6H2,1-2H3;7H,3-6H2,1-2H3;3*1-2H3. The van der Waals surface area contributed by atoms with Crippen molar-refractivity contribution in [1.29, 1.82) is 0 Å². The van der Waals surface area contributed by atoms with Crippen molar-refractivity contribution in [2.75, 3.05) is 47.3 Å². The molecule has 6 aliphatic rings. The first-order valence-corrected chi connectivity index (χ1v) is 14.8. The Labute approximate surface area is 211 Å². The van der Waals surface area contributed by atoms with Crippen molar-refractivity contribution < 1.29 is 0 Å². The average molecular weight is 468 g/mol. The van der Waals surface area contributed by atoms with Gasteiger partial charge in [-0.2, -0.15) is 0 Å². The zero-order valence-electron chi connectivity index (χ0n) is 25.2. The first-order chi connectivity index (χ1) is 15.8. The fourth-order valence-electron chi connectivity index (χ4n) is 6.90. The van der Waals surface area contributed by atoms with Crippen LogP contribution in [-0.4, -0.2) is 74.1 Å². The highest BCUT2D eigenvalue weighted by Crippen LogP contribution is 2.49. The second-order valence-electron chi connectivity index (χ2n) is 11.3. The molecule has 5 saturated heterocycles. The third-order valence-electron chi connectivity index (χ3n) is 8.15. The number of likely N-dealkylation sites (tertiary alicyclic amines) is 1. The van der Waals surface area contributed by atoms with Gasteiger partial charge in [0.1, 0.15) is 0 Å². The van der Waals surface area contributed by atoms with E-state index in [1.807, 2.05) is 41.5 Å². The maximum atomic E-state index is 2.61. The molecule has 3 nitrogen and oxygen atoms in total. The summed E-state index contributed by atoms with van der Waals surface area (Å²) in [6, 6.07) is 1.87. The molecule has 4 atom stereocenters. The second kappa shape index (κ2) is 17.3. The molecule has 6 rings (SSSR count). The summed E-state index contributed by atoms with van der Waals surface area (Å²) < 4.78 is 0. The molecule has 0 aromatic heterocycles. The van der Waals surface area contributed by atoms with Crippen LogP contribution in [0, 0.1) is 23.2 Å².